The number of nitrogens with zero attached hydrogens (tertiary/aromatic N) is 2. The number of hydrogen-bond acceptors (Lipinski definition) is 4. The number of benzene rings is 1. The van der Waals surface area contributed by atoms with E-state index in [9.17, 15) is 4.79 Å². The molecule has 4 nitrogen and oxygen atoms in total. The van der Waals surface area contributed by atoms with Crippen molar-refractivity contribution in [3.63, 3.8) is 0 Å². The molecule has 2 aliphatic rings. The fourth-order valence-corrected chi connectivity index (χ4v) is 4.24. The quantitative estimate of drug-likeness (QED) is 0.737. The van der Waals surface area contributed by atoms with E-state index in [4.69, 9.17) is 4.74 Å². The van der Waals surface area contributed by atoms with Crippen LogP contribution in [0, 0.1) is 5.41 Å². The molecule has 0 radical (unpaired) electrons. The van der Waals surface area contributed by atoms with Gasteiger partial charge in [-0.05, 0) is 44.4 Å². The van der Waals surface area contributed by atoms with E-state index < -0.39 is 0 Å². The maximum absolute atomic E-state index is 12.2. The third-order valence-corrected chi connectivity index (χ3v) is 6.16. The number of cyclic esters (lactones) is 1. The van der Waals surface area contributed by atoms with Crippen LogP contribution in [0.15, 0.2) is 30.3 Å². The number of hydrogen-bond donors (Lipinski definition) is 0. The van der Waals surface area contributed by atoms with E-state index in [0.29, 0.717) is 0 Å². The van der Waals surface area contributed by atoms with Crippen LogP contribution in [0.4, 0.5) is 5.69 Å². The molecule has 1 aromatic carbocycles. The van der Waals surface area contributed by atoms with Gasteiger partial charge in [0.25, 0.3) is 0 Å². The van der Waals surface area contributed by atoms with Crippen LogP contribution in [0.25, 0.3) is 0 Å². The lowest BCUT2D eigenvalue weighted by Gasteiger charge is -2.24. The van der Waals surface area contributed by atoms with Gasteiger partial charge in [0, 0.05) is 38.3 Å². The zero-order chi connectivity index (χ0) is 17.7. The molecule has 25 heavy (non-hydrogen) atoms. The molecule has 0 aliphatic carbocycles. The van der Waals surface area contributed by atoms with E-state index in [1.54, 1.807) is 0 Å². The minimum Gasteiger partial charge on any atom is -0.462 e. The standard InChI is InChI=1S/C21H32N2O2/c1-3-21(4-2)17-19(25-20(21)24)11-14-22-12-8-13-23(16-15-22)18-9-6-5-7-10-18/h5-7,9-10,19H,3-4,8,11-17H2,1-2H3. The van der Waals surface area contributed by atoms with E-state index in [1.165, 1.54) is 12.1 Å². The van der Waals surface area contributed by atoms with Gasteiger partial charge in [-0.25, -0.2) is 0 Å². The summed E-state index contributed by atoms with van der Waals surface area (Å²) >= 11 is 0. The first-order valence-electron chi connectivity index (χ1n) is 9.90. The molecular weight excluding hydrogens is 312 g/mol. The van der Waals surface area contributed by atoms with Crippen molar-refractivity contribution in [1.29, 1.82) is 0 Å². The molecule has 1 unspecified atom stereocenters. The number of rotatable bonds is 6. The molecule has 2 aliphatic heterocycles. The van der Waals surface area contributed by atoms with Gasteiger partial charge < -0.3 is 14.5 Å². The molecule has 2 saturated heterocycles. The van der Waals surface area contributed by atoms with Crippen molar-refractivity contribution in [3.8, 4) is 0 Å². The van der Waals surface area contributed by atoms with Crippen LogP contribution in [0.5, 0.6) is 0 Å². The van der Waals surface area contributed by atoms with Crippen LogP contribution >= 0.6 is 0 Å². The van der Waals surface area contributed by atoms with Crippen molar-refractivity contribution in [3.05, 3.63) is 30.3 Å². The van der Waals surface area contributed by atoms with Gasteiger partial charge in [-0.1, -0.05) is 32.0 Å². The van der Waals surface area contributed by atoms with E-state index in [-0.39, 0.29) is 17.5 Å². The summed E-state index contributed by atoms with van der Waals surface area (Å²) in [5.41, 5.74) is 1.11. The Labute approximate surface area is 152 Å². The Balaban J connectivity index is 1.48. The highest BCUT2D eigenvalue weighted by atomic mass is 16.6. The number of anilines is 1. The molecule has 1 atom stereocenters. The first-order valence-corrected chi connectivity index (χ1v) is 9.90. The lowest BCUT2D eigenvalue weighted by Crippen LogP contribution is -2.32. The van der Waals surface area contributed by atoms with Crippen LogP contribution in [0.3, 0.4) is 0 Å². The van der Waals surface area contributed by atoms with E-state index in [0.717, 1.165) is 58.4 Å². The second-order valence-electron chi connectivity index (χ2n) is 7.53. The smallest absolute Gasteiger partial charge is 0.312 e. The minimum atomic E-state index is -0.215. The molecule has 0 amide bonds. The topological polar surface area (TPSA) is 32.8 Å². The van der Waals surface area contributed by atoms with Crippen LogP contribution in [-0.4, -0.2) is 49.7 Å². The zero-order valence-corrected chi connectivity index (χ0v) is 15.7. The van der Waals surface area contributed by atoms with Crippen LogP contribution in [0.2, 0.25) is 0 Å². The number of esters is 1. The van der Waals surface area contributed by atoms with Crippen LogP contribution in [0.1, 0.15) is 46.0 Å². The normalized spacial score (nSPS) is 24.2. The van der Waals surface area contributed by atoms with Gasteiger partial charge in [0.1, 0.15) is 6.10 Å². The molecule has 0 saturated carbocycles. The number of carbonyl (C=O) groups excluding carboxylic acids is 1. The van der Waals surface area contributed by atoms with Gasteiger partial charge in [0.15, 0.2) is 0 Å². The molecular formula is C21H32N2O2. The first kappa shape index (κ1) is 18.2. The Hall–Kier alpha value is -1.55. The molecule has 0 N–H and O–H groups in total. The first-order chi connectivity index (χ1) is 12.2. The SMILES string of the molecule is CCC1(CC)CC(CCN2CCCN(c3ccccc3)CC2)OC1=O. The fraction of sp³-hybridized carbons (Fsp3) is 0.667. The molecule has 2 heterocycles. The number of para-hydroxylation sites is 1. The van der Waals surface area contributed by atoms with Gasteiger partial charge >= 0.3 is 5.97 Å². The Morgan fingerprint density at radius 3 is 2.52 bits per heavy atom. The Bertz CT molecular complexity index is 556. The molecule has 1 aromatic rings. The van der Waals surface area contributed by atoms with Crippen LogP contribution in [-0.2, 0) is 9.53 Å². The Morgan fingerprint density at radius 2 is 1.84 bits per heavy atom. The lowest BCUT2D eigenvalue weighted by molar-refractivity contribution is -0.149. The van der Waals surface area contributed by atoms with E-state index in [1.807, 2.05) is 0 Å². The Morgan fingerprint density at radius 1 is 1.08 bits per heavy atom. The maximum Gasteiger partial charge on any atom is 0.312 e. The van der Waals surface area contributed by atoms with Crippen molar-refractivity contribution < 1.29 is 9.53 Å². The highest BCUT2D eigenvalue weighted by Crippen LogP contribution is 2.41. The fourth-order valence-electron chi connectivity index (χ4n) is 4.24. The van der Waals surface area contributed by atoms with Crippen molar-refractivity contribution in [2.75, 3.05) is 37.6 Å². The number of ether oxygens (including phenoxy) is 1. The molecule has 4 heteroatoms. The molecule has 0 aromatic heterocycles. The Kier molecular flexibility index (Phi) is 6.00. The zero-order valence-electron chi connectivity index (χ0n) is 15.7. The summed E-state index contributed by atoms with van der Waals surface area (Å²) in [6.07, 6.45) is 4.97. The van der Waals surface area contributed by atoms with Crippen molar-refractivity contribution >= 4 is 11.7 Å². The van der Waals surface area contributed by atoms with Gasteiger partial charge in [0.05, 0.1) is 5.41 Å². The molecule has 3 rings (SSSR count). The second kappa shape index (κ2) is 8.22. The summed E-state index contributed by atoms with van der Waals surface area (Å²) in [6, 6.07) is 10.7. The van der Waals surface area contributed by atoms with Gasteiger partial charge in [-0.15, -0.1) is 0 Å². The average Bonchev–Trinajstić information content (AvgIpc) is 2.82. The molecule has 0 bridgehead atoms. The van der Waals surface area contributed by atoms with E-state index >= 15 is 0 Å². The summed E-state index contributed by atoms with van der Waals surface area (Å²) in [4.78, 5) is 17.2. The van der Waals surface area contributed by atoms with Gasteiger partial charge in [-0.2, -0.15) is 0 Å². The summed E-state index contributed by atoms with van der Waals surface area (Å²) < 4.78 is 5.70. The van der Waals surface area contributed by atoms with Crippen molar-refractivity contribution in [1.82, 2.24) is 4.90 Å². The molecule has 2 fully saturated rings. The van der Waals surface area contributed by atoms with Crippen molar-refractivity contribution in [2.24, 2.45) is 5.41 Å². The summed E-state index contributed by atoms with van der Waals surface area (Å²) in [5, 5.41) is 0. The second-order valence-corrected chi connectivity index (χ2v) is 7.53. The van der Waals surface area contributed by atoms with Gasteiger partial charge in [0.2, 0.25) is 0 Å². The number of carbonyl (C=O) groups is 1. The average molecular weight is 344 g/mol. The molecule has 138 valence electrons. The molecule has 0 spiro atoms. The third-order valence-electron chi connectivity index (χ3n) is 6.16. The maximum atomic E-state index is 12.2. The van der Waals surface area contributed by atoms with Crippen LogP contribution < -0.4 is 4.90 Å². The van der Waals surface area contributed by atoms with Crippen molar-refractivity contribution in [2.45, 2.75) is 52.1 Å². The van der Waals surface area contributed by atoms with Gasteiger partial charge in [-0.3, -0.25) is 4.79 Å². The summed E-state index contributed by atoms with van der Waals surface area (Å²) in [6.45, 7) is 9.67. The highest BCUT2D eigenvalue weighted by Gasteiger charge is 2.46. The lowest BCUT2D eigenvalue weighted by atomic mass is 9.79. The predicted molar refractivity (Wildman–Crippen MR) is 102 cm³/mol. The van der Waals surface area contributed by atoms with E-state index in [2.05, 4.69) is 54.0 Å². The third kappa shape index (κ3) is 4.17. The summed E-state index contributed by atoms with van der Waals surface area (Å²) in [7, 11) is 0. The summed E-state index contributed by atoms with van der Waals surface area (Å²) in [5.74, 6) is 0.0358. The highest BCUT2D eigenvalue weighted by molar-refractivity contribution is 5.78. The monoisotopic (exact) mass is 344 g/mol. The minimum absolute atomic E-state index is 0.0358. The largest absolute Gasteiger partial charge is 0.462 e. The predicted octanol–water partition coefficient (Wildman–Crippen LogP) is 3.71.